The van der Waals surface area contributed by atoms with Gasteiger partial charge in [-0.15, -0.1) is 0 Å². The molecule has 1 amide bonds. The van der Waals surface area contributed by atoms with Crippen LogP contribution in [0, 0.1) is 11.3 Å². The molecule has 0 saturated heterocycles. The second-order valence-electron chi connectivity index (χ2n) is 5.63. The summed E-state index contributed by atoms with van der Waals surface area (Å²) in [5.74, 6) is -0.427. The first-order valence-corrected chi connectivity index (χ1v) is 9.48. The molecule has 0 aromatic heterocycles. The molecule has 0 heterocycles. The van der Waals surface area contributed by atoms with Crippen molar-refractivity contribution in [1.82, 2.24) is 5.32 Å². The Labute approximate surface area is 147 Å². The van der Waals surface area contributed by atoms with E-state index in [0.29, 0.717) is 5.56 Å². The van der Waals surface area contributed by atoms with Gasteiger partial charge in [-0.2, -0.15) is 5.26 Å². The van der Waals surface area contributed by atoms with E-state index in [1.807, 2.05) is 43.3 Å². The standard InChI is InChI=1S/C18H19N3O3S/c1-14(16-8-4-3-5-9-16)20-18(22)13-21(25(2,23)24)17-10-6-7-15(11-17)12-19/h3-11,14H,13H2,1-2H3,(H,20,22). The van der Waals surface area contributed by atoms with Gasteiger partial charge in [-0.3, -0.25) is 9.10 Å². The number of nitrogens with one attached hydrogen (secondary N) is 1. The number of nitrogens with zero attached hydrogens (tertiary/aromatic N) is 2. The molecule has 0 aliphatic rings. The van der Waals surface area contributed by atoms with E-state index in [0.717, 1.165) is 16.1 Å². The van der Waals surface area contributed by atoms with Crippen molar-refractivity contribution in [2.75, 3.05) is 17.1 Å². The van der Waals surface area contributed by atoms with E-state index < -0.39 is 15.9 Å². The minimum Gasteiger partial charge on any atom is -0.348 e. The number of sulfonamides is 1. The predicted octanol–water partition coefficient (Wildman–Crippen LogP) is 2.20. The van der Waals surface area contributed by atoms with Crippen molar-refractivity contribution in [1.29, 1.82) is 5.26 Å². The molecule has 25 heavy (non-hydrogen) atoms. The molecule has 0 bridgehead atoms. The Hall–Kier alpha value is -2.85. The molecule has 2 aromatic carbocycles. The van der Waals surface area contributed by atoms with Gasteiger partial charge in [-0.05, 0) is 30.7 Å². The van der Waals surface area contributed by atoms with Gasteiger partial charge < -0.3 is 5.32 Å². The van der Waals surface area contributed by atoms with Gasteiger partial charge in [-0.1, -0.05) is 36.4 Å². The lowest BCUT2D eigenvalue weighted by Crippen LogP contribution is -2.41. The van der Waals surface area contributed by atoms with E-state index in [4.69, 9.17) is 5.26 Å². The number of nitriles is 1. The maximum absolute atomic E-state index is 12.3. The highest BCUT2D eigenvalue weighted by Gasteiger charge is 2.22. The highest BCUT2D eigenvalue weighted by molar-refractivity contribution is 7.92. The van der Waals surface area contributed by atoms with Gasteiger partial charge in [0, 0.05) is 0 Å². The van der Waals surface area contributed by atoms with E-state index in [-0.39, 0.29) is 18.3 Å². The summed E-state index contributed by atoms with van der Waals surface area (Å²) in [6.45, 7) is 1.47. The summed E-state index contributed by atoms with van der Waals surface area (Å²) in [6, 6.07) is 17.2. The molecule has 2 rings (SSSR count). The Morgan fingerprint density at radius 1 is 1.20 bits per heavy atom. The van der Waals surface area contributed by atoms with Crippen LogP contribution in [0.3, 0.4) is 0 Å². The lowest BCUT2D eigenvalue weighted by atomic mass is 10.1. The Bertz CT molecular complexity index is 889. The van der Waals surface area contributed by atoms with E-state index in [9.17, 15) is 13.2 Å². The van der Waals surface area contributed by atoms with Gasteiger partial charge in [0.2, 0.25) is 15.9 Å². The van der Waals surface area contributed by atoms with E-state index >= 15 is 0 Å². The molecule has 1 unspecified atom stereocenters. The number of hydrogen-bond acceptors (Lipinski definition) is 4. The number of benzene rings is 2. The molecule has 0 radical (unpaired) electrons. The summed E-state index contributed by atoms with van der Waals surface area (Å²) >= 11 is 0. The molecular weight excluding hydrogens is 338 g/mol. The molecule has 0 aliphatic carbocycles. The monoisotopic (exact) mass is 357 g/mol. The maximum Gasteiger partial charge on any atom is 0.241 e. The van der Waals surface area contributed by atoms with Crippen molar-refractivity contribution in [3.05, 3.63) is 65.7 Å². The number of rotatable bonds is 6. The minimum absolute atomic E-state index is 0.249. The molecule has 6 nitrogen and oxygen atoms in total. The van der Waals surface area contributed by atoms with Crippen molar-refractivity contribution in [3.8, 4) is 6.07 Å². The van der Waals surface area contributed by atoms with Crippen molar-refractivity contribution < 1.29 is 13.2 Å². The third kappa shape index (κ3) is 5.06. The second kappa shape index (κ2) is 7.81. The molecule has 7 heteroatoms. The molecule has 0 saturated carbocycles. The summed E-state index contributed by atoms with van der Waals surface area (Å²) in [4.78, 5) is 12.3. The van der Waals surface area contributed by atoms with E-state index in [1.165, 1.54) is 6.07 Å². The van der Waals surface area contributed by atoms with Gasteiger partial charge in [0.15, 0.2) is 0 Å². The highest BCUT2D eigenvalue weighted by atomic mass is 32.2. The zero-order valence-electron chi connectivity index (χ0n) is 14.0. The van der Waals surface area contributed by atoms with Gasteiger partial charge in [-0.25, -0.2) is 8.42 Å². The fraction of sp³-hybridized carbons (Fsp3) is 0.222. The van der Waals surface area contributed by atoms with Crippen molar-refractivity contribution >= 4 is 21.6 Å². The first-order chi connectivity index (χ1) is 11.8. The van der Waals surface area contributed by atoms with Crippen molar-refractivity contribution in [3.63, 3.8) is 0 Å². The zero-order valence-corrected chi connectivity index (χ0v) is 14.8. The molecular formula is C18H19N3O3S. The fourth-order valence-electron chi connectivity index (χ4n) is 2.37. The fourth-order valence-corrected chi connectivity index (χ4v) is 3.22. The highest BCUT2D eigenvalue weighted by Crippen LogP contribution is 2.19. The van der Waals surface area contributed by atoms with Crippen molar-refractivity contribution in [2.45, 2.75) is 13.0 Å². The molecule has 1 N–H and O–H groups in total. The van der Waals surface area contributed by atoms with Crippen LogP contribution in [0.15, 0.2) is 54.6 Å². The summed E-state index contributed by atoms with van der Waals surface area (Å²) < 4.78 is 25.2. The Morgan fingerprint density at radius 2 is 1.88 bits per heavy atom. The maximum atomic E-state index is 12.3. The molecule has 0 aliphatic heterocycles. The van der Waals surface area contributed by atoms with Gasteiger partial charge in [0.05, 0.1) is 29.6 Å². The minimum atomic E-state index is -3.68. The number of carbonyl (C=O) groups excluding carboxylic acids is 1. The SMILES string of the molecule is CC(NC(=O)CN(c1cccc(C#N)c1)S(C)(=O)=O)c1ccccc1. The third-order valence-corrected chi connectivity index (χ3v) is 4.77. The lowest BCUT2D eigenvalue weighted by Gasteiger charge is -2.23. The van der Waals surface area contributed by atoms with Crippen LogP contribution in [0.2, 0.25) is 0 Å². The van der Waals surface area contributed by atoms with Crippen LogP contribution in [0.1, 0.15) is 24.1 Å². The predicted molar refractivity (Wildman–Crippen MR) is 96.3 cm³/mol. The number of amides is 1. The lowest BCUT2D eigenvalue weighted by molar-refractivity contribution is -0.120. The quantitative estimate of drug-likeness (QED) is 0.858. The summed E-state index contributed by atoms with van der Waals surface area (Å²) in [6.07, 6.45) is 1.03. The molecule has 2 aromatic rings. The van der Waals surface area contributed by atoms with Crippen LogP contribution in [0.4, 0.5) is 5.69 Å². The largest absolute Gasteiger partial charge is 0.348 e. The number of hydrogen-bond donors (Lipinski definition) is 1. The van der Waals surface area contributed by atoms with Crippen LogP contribution >= 0.6 is 0 Å². The average molecular weight is 357 g/mol. The van der Waals surface area contributed by atoms with Crippen LogP contribution in [-0.2, 0) is 14.8 Å². The number of anilines is 1. The summed E-state index contributed by atoms with van der Waals surface area (Å²) in [7, 11) is -3.68. The second-order valence-corrected chi connectivity index (χ2v) is 7.54. The Balaban J connectivity index is 2.17. The molecule has 130 valence electrons. The molecule has 0 spiro atoms. The molecule has 1 atom stereocenters. The van der Waals surface area contributed by atoms with E-state index in [2.05, 4.69) is 5.32 Å². The average Bonchev–Trinajstić information content (AvgIpc) is 2.59. The normalized spacial score (nSPS) is 12.0. The summed E-state index contributed by atoms with van der Waals surface area (Å²) in [5.41, 5.74) is 1.53. The summed E-state index contributed by atoms with van der Waals surface area (Å²) in [5, 5.41) is 11.8. The Kier molecular flexibility index (Phi) is 5.78. The van der Waals surface area contributed by atoms with Gasteiger partial charge in [0.25, 0.3) is 0 Å². The zero-order chi connectivity index (χ0) is 18.4. The van der Waals surface area contributed by atoms with E-state index in [1.54, 1.807) is 18.2 Å². The topological polar surface area (TPSA) is 90.3 Å². The third-order valence-electron chi connectivity index (χ3n) is 3.63. The van der Waals surface area contributed by atoms with Crippen LogP contribution in [0.25, 0.3) is 0 Å². The smallest absolute Gasteiger partial charge is 0.241 e. The number of carbonyl (C=O) groups is 1. The van der Waals surface area contributed by atoms with Gasteiger partial charge in [0.1, 0.15) is 6.54 Å². The van der Waals surface area contributed by atoms with Crippen LogP contribution in [-0.4, -0.2) is 27.1 Å². The first-order valence-electron chi connectivity index (χ1n) is 7.63. The van der Waals surface area contributed by atoms with Crippen LogP contribution < -0.4 is 9.62 Å². The first kappa shape index (κ1) is 18.5. The molecule has 0 fully saturated rings. The van der Waals surface area contributed by atoms with Gasteiger partial charge >= 0.3 is 0 Å². The van der Waals surface area contributed by atoms with Crippen molar-refractivity contribution in [2.24, 2.45) is 0 Å². The van der Waals surface area contributed by atoms with Crippen LogP contribution in [0.5, 0.6) is 0 Å². The Morgan fingerprint density at radius 3 is 2.48 bits per heavy atom.